The summed E-state index contributed by atoms with van der Waals surface area (Å²) >= 11 is 0. The molecule has 490 valence electrons. The molecule has 3 fully saturated rings. The summed E-state index contributed by atoms with van der Waals surface area (Å²) in [4.78, 5) is 119. The number of carbonyl (C=O) groups is 6. The van der Waals surface area contributed by atoms with E-state index in [0.717, 1.165) is 12.1 Å². The number of carboxylic acid groups (broad SMARTS) is 1. The molecule has 0 unspecified atom stereocenters. The molecule has 31 heteroatoms. The number of ether oxygens (including phenoxy) is 5. The number of fused-ring (bicyclic) bond motifs is 9. The number of amides is 5. The molecule has 0 bridgehead atoms. The van der Waals surface area contributed by atoms with Crippen molar-refractivity contribution in [2.75, 3.05) is 73.5 Å². The van der Waals surface area contributed by atoms with E-state index >= 15 is 0 Å². The largest absolute Gasteiger partial charge is 2.00 e. The molecule has 5 aromatic rings. The van der Waals surface area contributed by atoms with Gasteiger partial charge < -0.3 is 107 Å². The van der Waals surface area contributed by atoms with Gasteiger partial charge >= 0.3 is 29.0 Å². The third-order valence-corrected chi connectivity index (χ3v) is 16.2. The quantitative estimate of drug-likeness (QED) is 0.0834. The molecule has 0 spiro atoms. The molecule has 3 saturated heterocycles. The number of pyridine rings is 3. The van der Waals surface area contributed by atoms with Crippen LogP contribution in [-0.2, 0) is 27.3 Å². The van der Waals surface area contributed by atoms with E-state index in [1.165, 1.54) is 49.5 Å². The second-order valence-electron chi connectivity index (χ2n) is 20.7. The Bertz CT molecular complexity index is 3750. The number of nitrogens with zero attached hydrogens (tertiary/aromatic N) is 6. The first-order valence-corrected chi connectivity index (χ1v) is 27.7. The van der Waals surface area contributed by atoms with Crippen LogP contribution in [0.3, 0.4) is 0 Å². The van der Waals surface area contributed by atoms with Gasteiger partial charge in [-0.2, -0.15) is 0 Å². The fourth-order valence-electron chi connectivity index (χ4n) is 12.0. The van der Waals surface area contributed by atoms with Crippen molar-refractivity contribution in [2.45, 2.75) is 104 Å². The van der Waals surface area contributed by atoms with Crippen LogP contribution in [0.5, 0.6) is 17.2 Å². The maximum atomic E-state index is 13.9. The van der Waals surface area contributed by atoms with Crippen molar-refractivity contribution in [3.63, 3.8) is 0 Å². The molecule has 9 heterocycles. The number of aromatic carboxylic acids is 1. The zero-order valence-electron chi connectivity index (χ0n) is 48.8. The van der Waals surface area contributed by atoms with E-state index in [2.05, 4.69) is 10.6 Å². The average Bonchev–Trinajstić information content (AvgIpc) is 0.760. The van der Waals surface area contributed by atoms with Gasteiger partial charge in [-0.05, 0) is 52.2 Å². The molecule has 0 aliphatic carbocycles. The van der Waals surface area contributed by atoms with E-state index in [1.54, 1.807) is 30.8 Å². The van der Waals surface area contributed by atoms with Crippen molar-refractivity contribution in [1.82, 2.24) is 39.0 Å². The Kier molecular flexibility index (Phi) is 27.2. The van der Waals surface area contributed by atoms with E-state index in [0.29, 0.717) is 90.7 Å². The zero-order valence-corrected chi connectivity index (χ0v) is 53.4. The number of halogens is 6. The first-order valence-electron chi connectivity index (χ1n) is 27.7. The summed E-state index contributed by atoms with van der Waals surface area (Å²) in [6.45, 7) is 8.74. The van der Waals surface area contributed by atoms with Crippen LogP contribution in [0.25, 0.3) is 0 Å². The molecule has 6 aliphatic heterocycles. The number of hydrogen-bond donors (Lipinski definition) is 4. The van der Waals surface area contributed by atoms with Crippen molar-refractivity contribution < 1.29 is 114 Å². The van der Waals surface area contributed by atoms with Crippen LogP contribution in [0.2, 0.25) is 0 Å². The van der Waals surface area contributed by atoms with E-state index in [4.69, 9.17) is 23.7 Å². The molecule has 6 atom stereocenters. The van der Waals surface area contributed by atoms with Crippen LogP contribution < -0.4 is 70.4 Å². The molecule has 24 nitrogen and oxygen atoms in total. The number of aromatic hydroxyl groups is 1. The summed E-state index contributed by atoms with van der Waals surface area (Å²) in [6, 6.07) is 4.66. The molecule has 6 aliphatic rings. The van der Waals surface area contributed by atoms with Gasteiger partial charge in [-0.1, -0.05) is 27.0 Å². The average molecular weight is 1420 g/mol. The van der Waals surface area contributed by atoms with Crippen molar-refractivity contribution in [2.24, 2.45) is 0 Å². The molecular formula is C60H70Br2F4MgN8O16. The van der Waals surface area contributed by atoms with Gasteiger partial charge in [0.05, 0.1) is 70.3 Å². The SMILES string of the molecule is C.C.CCN1C(=O)c2c(O)c(=O)c(C(=O)NCc3ccc(F)cc3F)cn2[C@H]2CCOC[C@H]21.CCN1C(=O)c2c(OC)c(=O)c(C(=O)NCc3ccc(F)cc3F)cn2[C@H]2CCOC[C@H]21.CCN1C(=O)c2c(OC)c(=O)c(C(=O)O)cn2[C@H]2CCOC[C@H]21.[Br-].[Br-].[Mg+2]. The Morgan fingerprint density at radius 1 is 0.538 bits per heavy atom. The monoisotopic (exact) mass is 1420 g/mol. The normalized spacial score (nSPS) is 19.7. The number of nitrogens with one attached hydrogen (secondary N) is 2. The summed E-state index contributed by atoms with van der Waals surface area (Å²) in [5.41, 5.74) is -3.31. The summed E-state index contributed by atoms with van der Waals surface area (Å²) in [5, 5.41) is 24.7. The third-order valence-electron chi connectivity index (χ3n) is 16.2. The smallest absolute Gasteiger partial charge is 1.00 e. The molecule has 4 N–H and O–H groups in total. The minimum absolute atomic E-state index is 0. The summed E-state index contributed by atoms with van der Waals surface area (Å²) < 4.78 is 85.5. The molecule has 0 saturated carbocycles. The van der Waals surface area contributed by atoms with Gasteiger partial charge in [-0.15, -0.1) is 0 Å². The number of carboxylic acids is 1. The summed E-state index contributed by atoms with van der Waals surface area (Å²) in [7, 11) is 2.54. The molecule has 2 aromatic carbocycles. The number of benzene rings is 2. The number of methoxy groups -OCH3 is 2. The van der Waals surface area contributed by atoms with Gasteiger partial charge in [0.1, 0.15) is 40.0 Å². The topological polar surface area (TPSA) is 289 Å². The zero-order chi connectivity index (χ0) is 62.0. The van der Waals surface area contributed by atoms with Gasteiger partial charge in [0, 0.05) is 94.4 Å². The Balaban J connectivity index is 0.000000287. The van der Waals surface area contributed by atoms with Crippen LogP contribution in [0.1, 0.15) is 147 Å². The minimum atomic E-state index is -1.34. The number of likely N-dealkylation sites (N-methyl/N-ethyl adjacent to an activating group) is 3. The first-order chi connectivity index (χ1) is 41.2. The second-order valence-corrected chi connectivity index (χ2v) is 20.7. The summed E-state index contributed by atoms with van der Waals surface area (Å²) in [6.07, 6.45) is 5.65. The maximum Gasteiger partial charge on any atom is 2.00 e. The molecule has 11 rings (SSSR count). The number of aromatic nitrogens is 3. The minimum Gasteiger partial charge on any atom is -1.00 e. The predicted octanol–water partition coefficient (Wildman–Crippen LogP) is -1.30. The van der Waals surface area contributed by atoms with Crippen LogP contribution in [0.4, 0.5) is 17.6 Å². The molecule has 3 aromatic heterocycles. The van der Waals surface area contributed by atoms with E-state index < -0.39 is 74.6 Å². The fourth-order valence-corrected chi connectivity index (χ4v) is 12.0. The Labute approximate surface area is 557 Å². The molecule has 5 amide bonds. The van der Waals surface area contributed by atoms with Gasteiger partial charge in [0.15, 0.2) is 34.3 Å². The van der Waals surface area contributed by atoms with E-state index in [1.807, 2.05) is 13.8 Å². The maximum absolute atomic E-state index is 13.9. The molecule has 91 heavy (non-hydrogen) atoms. The number of carbonyl (C=O) groups excluding carboxylic acids is 5. The Morgan fingerprint density at radius 3 is 1.21 bits per heavy atom. The summed E-state index contributed by atoms with van der Waals surface area (Å²) in [5.74, 6) is -8.48. The van der Waals surface area contributed by atoms with E-state index in [9.17, 15) is 70.9 Å². The Hall–Kier alpha value is -7.16. The van der Waals surface area contributed by atoms with E-state index in [-0.39, 0.29) is 184 Å². The first kappa shape index (κ1) is 76.3. The number of rotatable bonds is 12. The molecular weight excluding hydrogens is 1350 g/mol. The predicted molar refractivity (Wildman–Crippen MR) is 313 cm³/mol. The fraction of sp³-hybridized carbons (Fsp3) is 0.450. The standard InChI is InChI=1S/C22H23F2N3O5.C21H21F2N3O5.C15H18N2O6.2CH4.2BrH.Mg/c1-3-26-17-11-32-7-6-16(17)27-10-14(19(28)20(31-2)18(27)22(26)30)21(29)25-9-12-4-5-13(23)8-15(12)24;1-2-25-16-10-31-6-5-15(16)26-9-13(18(27)19(28)17(26)21(25)30)20(29)24-8-11-3-4-12(22)7-14(11)23;1-3-16-10-7-23-5-4-9(10)17-6-8(15(20)21)12(18)13(22-2)11(17)14(16)19;;;;;/h4-5,8,10,16-17H,3,6-7,9,11H2,1-2H3,(H,25,29);3-4,7,9,15-16,28H,2,5-6,8,10H2,1H3,(H,24,29);6,9-10H,3-5,7H2,1-2H3,(H,20,21);2*1H4;2*1H;/q;;;;;;;+2/p-2/t16-,17+;15-,16+;9-,10+;;;;;/m000...../s1. The molecule has 0 radical (unpaired) electrons. The van der Waals surface area contributed by atoms with Crippen LogP contribution >= 0.6 is 0 Å². The van der Waals surface area contributed by atoms with Gasteiger partial charge in [-0.25, -0.2) is 22.4 Å². The van der Waals surface area contributed by atoms with Gasteiger partial charge in [0.2, 0.25) is 16.3 Å². The van der Waals surface area contributed by atoms with Crippen LogP contribution in [0, 0.1) is 23.3 Å². The third kappa shape index (κ3) is 14.7. The van der Waals surface area contributed by atoms with Gasteiger partial charge in [0.25, 0.3) is 29.5 Å². The van der Waals surface area contributed by atoms with Crippen molar-refractivity contribution in [3.8, 4) is 17.2 Å². The van der Waals surface area contributed by atoms with Gasteiger partial charge in [-0.3, -0.25) is 38.4 Å². The van der Waals surface area contributed by atoms with Crippen molar-refractivity contribution >= 4 is 58.6 Å². The van der Waals surface area contributed by atoms with Crippen LogP contribution in [0.15, 0.2) is 69.4 Å². The number of hydrogen-bond acceptors (Lipinski definition) is 15. The van der Waals surface area contributed by atoms with Crippen LogP contribution in [-0.4, -0.2) is 189 Å². The Morgan fingerprint density at radius 2 is 0.868 bits per heavy atom. The van der Waals surface area contributed by atoms with Crippen molar-refractivity contribution in [1.29, 1.82) is 0 Å². The second kappa shape index (κ2) is 32.4. The van der Waals surface area contributed by atoms with Crippen molar-refractivity contribution in [3.05, 3.63) is 154 Å².